The van der Waals surface area contributed by atoms with Crippen LogP contribution >= 0.6 is 0 Å². The van der Waals surface area contributed by atoms with Gasteiger partial charge in [-0.1, -0.05) is 36.4 Å². The Morgan fingerprint density at radius 3 is 2.41 bits per heavy atom. The van der Waals surface area contributed by atoms with Crippen LogP contribution in [0.4, 0.5) is 5.69 Å². The molecule has 0 heterocycles. The van der Waals surface area contributed by atoms with Crippen LogP contribution in [0.5, 0.6) is 5.75 Å². The van der Waals surface area contributed by atoms with Crippen LogP contribution in [0.1, 0.15) is 30.5 Å². The van der Waals surface area contributed by atoms with Crippen molar-refractivity contribution in [2.45, 2.75) is 33.8 Å². The Hall–Kier alpha value is -3.08. The minimum absolute atomic E-state index is 0.371. The molecule has 0 radical (unpaired) electrons. The van der Waals surface area contributed by atoms with Crippen molar-refractivity contribution in [3.05, 3.63) is 65.2 Å². The molecule has 0 aliphatic carbocycles. The van der Waals surface area contributed by atoms with Gasteiger partial charge in [0.2, 0.25) is 0 Å². The molecule has 2 aromatic carbocycles. The third-order valence-corrected chi connectivity index (χ3v) is 4.01. The number of nitrogens with one attached hydrogen (secondary N) is 1. The van der Waals surface area contributed by atoms with E-state index in [9.17, 15) is 9.59 Å². The third-order valence-electron chi connectivity index (χ3n) is 4.01. The Morgan fingerprint density at radius 2 is 1.74 bits per heavy atom. The maximum absolute atomic E-state index is 12.3. The monoisotopic (exact) mass is 367 g/mol. The maximum Gasteiger partial charge on any atom is 0.331 e. The molecular weight excluding hydrogens is 342 g/mol. The lowest BCUT2D eigenvalue weighted by Gasteiger charge is -2.15. The summed E-state index contributed by atoms with van der Waals surface area (Å²) in [5, 5.41) is 2.82. The van der Waals surface area contributed by atoms with Crippen molar-refractivity contribution >= 4 is 23.6 Å². The maximum atomic E-state index is 12.3. The average Bonchev–Trinajstić information content (AvgIpc) is 2.64. The van der Waals surface area contributed by atoms with Crippen molar-refractivity contribution < 1.29 is 19.1 Å². The zero-order chi connectivity index (χ0) is 19.8. The van der Waals surface area contributed by atoms with E-state index in [1.54, 1.807) is 13.0 Å². The van der Waals surface area contributed by atoms with Gasteiger partial charge in [-0.25, -0.2) is 4.79 Å². The zero-order valence-corrected chi connectivity index (χ0v) is 16.1. The number of carbonyl (C=O) groups is 2. The van der Waals surface area contributed by atoms with E-state index in [4.69, 9.17) is 9.47 Å². The smallest absolute Gasteiger partial charge is 0.331 e. The number of benzene rings is 2. The molecule has 142 valence electrons. The second kappa shape index (κ2) is 9.57. The van der Waals surface area contributed by atoms with Crippen LogP contribution in [0.25, 0.3) is 6.08 Å². The first kappa shape index (κ1) is 20.2. The van der Waals surface area contributed by atoms with Crippen molar-refractivity contribution in [2.75, 3.05) is 11.9 Å². The van der Waals surface area contributed by atoms with Gasteiger partial charge in [0, 0.05) is 17.3 Å². The first-order chi connectivity index (χ1) is 12.9. The number of carbonyl (C=O) groups excluding carboxylic acids is 2. The summed E-state index contributed by atoms with van der Waals surface area (Å²) in [7, 11) is 0. The molecule has 27 heavy (non-hydrogen) atoms. The average molecular weight is 367 g/mol. The van der Waals surface area contributed by atoms with Gasteiger partial charge < -0.3 is 14.8 Å². The summed E-state index contributed by atoms with van der Waals surface area (Å²) in [5.41, 5.74) is 3.42. The topological polar surface area (TPSA) is 64.6 Å². The largest absolute Gasteiger partial charge is 0.493 e. The molecule has 0 aliphatic heterocycles. The van der Waals surface area contributed by atoms with Crippen molar-refractivity contribution in [2.24, 2.45) is 0 Å². The first-order valence-corrected chi connectivity index (χ1v) is 8.90. The summed E-state index contributed by atoms with van der Waals surface area (Å²) in [6, 6.07) is 13.1. The fraction of sp³-hybridized carbons (Fsp3) is 0.273. The third kappa shape index (κ3) is 5.71. The quantitative estimate of drug-likeness (QED) is 0.586. The summed E-state index contributed by atoms with van der Waals surface area (Å²) in [4.78, 5) is 24.4. The summed E-state index contributed by atoms with van der Waals surface area (Å²) >= 11 is 0. The van der Waals surface area contributed by atoms with Crippen LogP contribution < -0.4 is 10.1 Å². The molecule has 1 atom stereocenters. The minimum Gasteiger partial charge on any atom is -0.493 e. The molecule has 0 unspecified atom stereocenters. The van der Waals surface area contributed by atoms with Gasteiger partial charge >= 0.3 is 5.97 Å². The number of para-hydroxylation sites is 2. The van der Waals surface area contributed by atoms with E-state index in [0.29, 0.717) is 12.4 Å². The van der Waals surface area contributed by atoms with Gasteiger partial charge in [0.05, 0.1) is 6.61 Å². The van der Waals surface area contributed by atoms with Crippen molar-refractivity contribution in [1.82, 2.24) is 0 Å². The van der Waals surface area contributed by atoms with Crippen LogP contribution in [0, 0.1) is 13.8 Å². The van der Waals surface area contributed by atoms with E-state index in [-0.39, 0.29) is 5.91 Å². The Labute approximate surface area is 160 Å². The molecule has 0 saturated heterocycles. The fourth-order valence-corrected chi connectivity index (χ4v) is 2.57. The standard InChI is InChI=1S/C22H25NO4/c1-5-26-19-12-7-6-11-18(19)13-14-20(24)27-17(4)22(25)23-21-15(2)9-8-10-16(21)3/h6-14,17H,5H2,1-4H3,(H,23,25)/b14-13+/t17-/m1/s1. The molecule has 5 nitrogen and oxygen atoms in total. The Balaban J connectivity index is 1.98. The van der Waals surface area contributed by atoms with Crippen LogP contribution in [0.3, 0.4) is 0 Å². The molecule has 2 aromatic rings. The SMILES string of the molecule is CCOc1ccccc1/C=C/C(=O)O[C@H](C)C(=O)Nc1c(C)cccc1C. The van der Waals surface area contributed by atoms with E-state index >= 15 is 0 Å². The predicted molar refractivity (Wildman–Crippen MR) is 107 cm³/mol. The van der Waals surface area contributed by atoms with Crippen LogP contribution in [-0.4, -0.2) is 24.6 Å². The molecule has 5 heteroatoms. The summed E-state index contributed by atoms with van der Waals surface area (Å²) in [5.74, 6) is -0.279. The molecule has 0 aliphatic rings. The molecule has 1 N–H and O–H groups in total. The lowest BCUT2D eigenvalue weighted by Crippen LogP contribution is -2.30. The molecule has 0 aromatic heterocycles. The van der Waals surface area contributed by atoms with E-state index in [1.165, 1.54) is 6.08 Å². The molecular formula is C22H25NO4. The first-order valence-electron chi connectivity index (χ1n) is 8.90. The van der Waals surface area contributed by atoms with Gasteiger partial charge in [-0.15, -0.1) is 0 Å². The highest BCUT2D eigenvalue weighted by Crippen LogP contribution is 2.21. The molecule has 0 spiro atoms. The highest BCUT2D eigenvalue weighted by molar-refractivity contribution is 5.97. The molecule has 0 bridgehead atoms. The summed E-state index contributed by atoms with van der Waals surface area (Å²) in [6.07, 6.45) is 1.99. The molecule has 0 fully saturated rings. The van der Waals surface area contributed by atoms with Crippen LogP contribution in [0.15, 0.2) is 48.5 Å². The number of amides is 1. The van der Waals surface area contributed by atoms with Gasteiger partial charge in [-0.05, 0) is 51.0 Å². The number of ether oxygens (including phenoxy) is 2. The van der Waals surface area contributed by atoms with Gasteiger partial charge in [-0.2, -0.15) is 0 Å². The van der Waals surface area contributed by atoms with E-state index in [0.717, 1.165) is 22.4 Å². The van der Waals surface area contributed by atoms with Gasteiger partial charge in [-0.3, -0.25) is 4.79 Å². The summed E-state index contributed by atoms with van der Waals surface area (Å²) in [6.45, 7) is 7.80. The van der Waals surface area contributed by atoms with Crippen molar-refractivity contribution in [3.8, 4) is 5.75 Å². The number of rotatable bonds is 7. The number of hydrogen-bond donors (Lipinski definition) is 1. The molecule has 0 saturated carbocycles. The highest BCUT2D eigenvalue weighted by Gasteiger charge is 2.18. The van der Waals surface area contributed by atoms with Crippen LogP contribution in [-0.2, 0) is 14.3 Å². The number of hydrogen-bond acceptors (Lipinski definition) is 4. The van der Waals surface area contributed by atoms with E-state index < -0.39 is 12.1 Å². The minimum atomic E-state index is -0.914. The van der Waals surface area contributed by atoms with E-state index in [1.807, 2.05) is 63.2 Å². The van der Waals surface area contributed by atoms with Gasteiger partial charge in [0.15, 0.2) is 6.10 Å². The number of anilines is 1. The molecule has 1 amide bonds. The normalized spacial score (nSPS) is 11.9. The zero-order valence-electron chi connectivity index (χ0n) is 16.1. The number of esters is 1. The van der Waals surface area contributed by atoms with Gasteiger partial charge in [0.25, 0.3) is 5.91 Å². The Kier molecular flexibility index (Phi) is 7.17. The lowest BCUT2D eigenvalue weighted by atomic mass is 10.1. The number of aryl methyl sites for hydroxylation is 2. The van der Waals surface area contributed by atoms with Crippen molar-refractivity contribution in [3.63, 3.8) is 0 Å². The van der Waals surface area contributed by atoms with E-state index in [2.05, 4.69) is 5.32 Å². The molecule has 2 rings (SSSR count). The Bertz CT molecular complexity index is 822. The second-order valence-electron chi connectivity index (χ2n) is 6.14. The highest BCUT2D eigenvalue weighted by atomic mass is 16.5. The fourth-order valence-electron chi connectivity index (χ4n) is 2.57. The summed E-state index contributed by atoms with van der Waals surface area (Å²) < 4.78 is 10.7. The van der Waals surface area contributed by atoms with Crippen LogP contribution in [0.2, 0.25) is 0 Å². The predicted octanol–water partition coefficient (Wildman–Crippen LogP) is 4.29. The van der Waals surface area contributed by atoms with Gasteiger partial charge in [0.1, 0.15) is 5.75 Å². The second-order valence-corrected chi connectivity index (χ2v) is 6.14. The van der Waals surface area contributed by atoms with Crippen molar-refractivity contribution in [1.29, 1.82) is 0 Å². The Morgan fingerprint density at radius 1 is 1.07 bits per heavy atom. The lowest BCUT2D eigenvalue weighted by molar-refractivity contribution is -0.148.